The second kappa shape index (κ2) is 10.7. The number of carbonyl (C=O) groups excluding carboxylic acids is 1. The standard InChI is InChI=1S/C25H29FN4O3/c1-18-4-2-5-21-24(18)28-17-30(25(21)32)11-3-6-23(31)27-16-22(29-12-14-33-15-13-29)19-7-9-20(26)10-8-19/h2,4-5,7-10,17,22H,3,6,11-16H2,1H3,(H,27,31). The average molecular weight is 453 g/mol. The van der Waals surface area contributed by atoms with Gasteiger partial charge in [-0.25, -0.2) is 9.37 Å². The number of morpholine rings is 1. The molecule has 8 heteroatoms. The van der Waals surface area contributed by atoms with Crippen LogP contribution in [-0.4, -0.2) is 53.2 Å². The van der Waals surface area contributed by atoms with Crippen LogP contribution in [0.25, 0.3) is 10.9 Å². The monoisotopic (exact) mass is 452 g/mol. The van der Waals surface area contributed by atoms with Crippen molar-refractivity contribution in [2.75, 3.05) is 32.8 Å². The largest absolute Gasteiger partial charge is 0.379 e. The van der Waals surface area contributed by atoms with Crippen LogP contribution in [0.4, 0.5) is 4.39 Å². The van der Waals surface area contributed by atoms with Crippen molar-refractivity contribution in [1.29, 1.82) is 0 Å². The molecule has 1 amide bonds. The van der Waals surface area contributed by atoms with Crippen LogP contribution in [0, 0.1) is 12.7 Å². The molecule has 1 fully saturated rings. The zero-order valence-corrected chi connectivity index (χ0v) is 18.8. The maximum atomic E-state index is 13.4. The highest BCUT2D eigenvalue weighted by Gasteiger charge is 2.23. The van der Waals surface area contributed by atoms with E-state index in [2.05, 4.69) is 15.2 Å². The molecule has 3 aromatic rings. The molecule has 1 atom stereocenters. The zero-order chi connectivity index (χ0) is 23.2. The molecule has 4 rings (SSSR count). The van der Waals surface area contributed by atoms with Gasteiger partial charge >= 0.3 is 0 Å². The van der Waals surface area contributed by atoms with Gasteiger partial charge in [-0.2, -0.15) is 0 Å². The first-order valence-electron chi connectivity index (χ1n) is 11.3. The third kappa shape index (κ3) is 5.64. The van der Waals surface area contributed by atoms with E-state index in [0.717, 1.165) is 24.2 Å². The molecule has 1 aliphatic heterocycles. The summed E-state index contributed by atoms with van der Waals surface area (Å²) in [4.78, 5) is 31.9. The Morgan fingerprint density at radius 2 is 1.94 bits per heavy atom. The van der Waals surface area contributed by atoms with Crippen molar-refractivity contribution >= 4 is 16.8 Å². The topological polar surface area (TPSA) is 76.5 Å². The van der Waals surface area contributed by atoms with Gasteiger partial charge in [-0.1, -0.05) is 24.3 Å². The summed E-state index contributed by atoms with van der Waals surface area (Å²) in [7, 11) is 0. The number of hydrogen-bond donors (Lipinski definition) is 1. The summed E-state index contributed by atoms with van der Waals surface area (Å²) in [5, 5.41) is 3.61. The lowest BCUT2D eigenvalue weighted by molar-refractivity contribution is -0.121. The lowest BCUT2D eigenvalue weighted by Gasteiger charge is -2.35. The van der Waals surface area contributed by atoms with Gasteiger partial charge in [-0.3, -0.25) is 19.1 Å². The van der Waals surface area contributed by atoms with Crippen LogP contribution in [0.1, 0.15) is 30.0 Å². The molecule has 174 valence electrons. The van der Waals surface area contributed by atoms with Crippen LogP contribution in [0.15, 0.2) is 53.6 Å². The summed E-state index contributed by atoms with van der Waals surface area (Å²) in [5.41, 5.74) is 2.55. The van der Waals surface area contributed by atoms with Crippen LogP contribution < -0.4 is 10.9 Å². The van der Waals surface area contributed by atoms with E-state index >= 15 is 0 Å². The van der Waals surface area contributed by atoms with E-state index in [1.165, 1.54) is 12.1 Å². The Hall–Kier alpha value is -3.10. The Labute approximate surface area is 192 Å². The van der Waals surface area contributed by atoms with E-state index in [1.54, 1.807) is 29.1 Å². The number of ether oxygens (including phenoxy) is 1. The summed E-state index contributed by atoms with van der Waals surface area (Å²) in [6, 6.07) is 11.9. The van der Waals surface area contributed by atoms with Gasteiger partial charge in [0.25, 0.3) is 5.56 Å². The third-order valence-electron chi connectivity index (χ3n) is 6.09. The number of rotatable bonds is 8. The summed E-state index contributed by atoms with van der Waals surface area (Å²) in [6.45, 7) is 5.58. The fraction of sp³-hybridized carbons (Fsp3) is 0.400. The number of hydrogen-bond acceptors (Lipinski definition) is 5. The molecule has 1 N–H and O–H groups in total. The maximum Gasteiger partial charge on any atom is 0.261 e. The number of aryl methyl sites for hydroxylation is 2. The highest BCUT2D eigenvalue weighted by atomic mass is 19.1. The fourth-order valence-electron chi connectivity index (χ4n) is 4.24. The number of nitrogens with one attached hydrogen (secondary N) is 1. The SMILES string of the molecule is Cc1cccc2c(=O)n(CCCC(=O)NCC(c3ccc(F)cc3)N3CCOCC3)cnc12. The number of para-hydroxylation sites is 1. The van der Waals surface area contributed by atoms with Crippen molar-refractivity contribution < 1.29 is 13.9 Å². The lowest BCUT2D eigenvalue weighted by Crippen LogP contribution is -2.43. The molecule has 0 bridgehead atoms. The number of amides is 1. The number of halogens is 1. The van der Waals surface area contributed by atoms with Gasteiger partial charge in [0.2, 0.25) is 5.91 Å². The van der Waals surface area contributed by atoms with E-state index in [1.807, 2.05) is 19.1 Å². The summed E-state index contributed by atoms with van der Waals surface area (Å²) in [6.07, 6.45) is 2.39. The van der Waals surface area contributed by atoms with Crippen molar-refractivity contribution in [2.45, 2.75) is 32.4 Å². The molecule has 0 radical (unpaired) electrons. The molecule has 33 heavy (non-hydrogen) atoms. The van der Waals surface area contributed by atoms with Gasteiger partial charge in [0, 0.05) is 32.6 Å². The molecule has 2 heterocycles. The summed E-state index contributed by atoms with van der Waals surface area (Å²) in [5.74, 6) is -0.356. The van der Waals surface area contributed by atoms with Crippen LogP contribution >= 0.6 is 0 Å². The smallest absolute Gasteiger partial charge is 0.261 e. The Morgan fingerprint density at radius 3 is 2.70 bits per heavy atom. The lowest BCUT2D eigenvalue weighted by atomic mass is 10.0. The Bertz CT molecular complexity index is 1160. The minimum atomic E-state index is -0.280. The molecule has 1 aromatic heterocycles. The van der Waals surface area contributed by atoms with Crippen molar-refractivity contribution in [2.24, 2.45) is 0 Å². The quantitative estimate of drug-likeness (QED) is 0.569. The van der Waals surface area contributed by atoms with Crippen molar-refractivity contribution in [3.8, 4) is 0 Å². The fourth-order valence-corrected chi connectivity index (χ4v) is 4.24. The summed E-state index contributed by atoms with van der Waals surface area (Å²) < 4.78 is 20.4. The minimum Gasteiger partial charge on any atom is -0.379 e. The zero-order valence-electron chi connectivity index (χ0n) is 18.8. The second-order valence-electron chi connectivity index (χ2n) is 8.34. The van der Waals surface area contributed by atoms with Gasteiger partial charge in [-0.05, 0) is 42.7 Å². The predicted octanol–water partition coefficient (Wildman–Crippen LogP) is 2.81. The van der Waals surface area contributed by atoms with Gasteiger partial charge < -0.3 is 10.1 Å². The van der Waals surface area contributed by atoms with Crippen LogP contribution in [0.3, 0.4) is 0 Å². The van der Waals surface area contributed by atoms with Gasteiger partial charge in [0.05, 0.1) is 36.5 Å². The average Bonchev–Trinajstić information content (AvgIpc) is 2.83. The molecule has 1 aliphatic rings. The van der Waals surface area contributed by atoms with Crippen LogP contribution in [-0.2, 0) is 16.1 Å². The maximum absolute atomic E-state index is 13.4. The first kappa shape index (κ1) is 23.1. The molecule has 0 saturated carbocycles. The van der Waals surface area contributed by atoms with Gasteiger partial charge in [-0.15, -0.1) is 0 Å². The Balaban J connectivity index is 1.34. The van der Waals surface area contributed by atoms with Crippen molar-refractivity contribution in [3.05, 3.63) is 76.1 Å². The third-order valence-corrected chi connectivity index (χ3v) is 6.09. The minimum absolute atomic E-state index is 0.0472. The molecule has 7 nitrogen and oxygen atoms in total. The Morgan fingerprint density at radius 1 is 1.18 bits per heavy atom. The first-order valence-corrected chi connectivity index (χ1v) is 11.3. The van der Waals surface area contributed by atoms with E-state index in [4.69, 9.17) is 4.74 Å². The first-order chi connectivity index (χ1) is 16.0. The molecule has 2 aromatic carbocycles. The molecule has 1 saturated heterocycles. The number of benzene rings is 2. The van der Waals surface area contributed by atoms with Crippen LogP contribution in [0.2, 0.25) is 0 Å². The number of aromatic nitrogens is 2. The van der Waals surface area contributed by atoms with Crippen LogP contribution in [0.5, 0.6) is 0 Å². The molecule has 0 spiro atoms. The highest BCUT2D eigenvalue weighted by molar-refractivity contribution is 5.80. The summed E-state index contributed by atoms with van der Waals surface area (Å²) >= 11 is 0. The molecule has 0 aliphatic carbocycles. The second-order valence-corrected chi connectivity index (χ2v) is 8.34. The van der Waals surface area contributed by atoms with E-state index in [-0.39, 0.29) is 23.3 Å². The predicted molar refractivity (Wildman–Crippen MR) is 125 cm³/mol. The molecule has 1 unspecified atom stereocenters. The number of fused-ring (bicyclic) bond motifs is 1. The van der Waals surface area contributed by atoms with Gasteiger partial charge in [0.1, 0.15) is 5.82 Å². The Kier molecular flexibility index (Phi) is 7.47. The van der Waals surface area contributed by atoms with E-state index in [0.29, 0.717) is 50.0 Å². The molecular formula is C25H29FN4O3. The van der Waals surface area contributed by atoms with Crippen molar-refractivity contribution in [3.63, 3.8) is 0 Å². The van der Waals surface area contributed by atoms with E-state index in [9.17, 15) is 14.0 Å². The van der Waals surface area contributed by atoms with Crippen molar-refractivity contribution in [1.82, 2.24) is 19.8 Å². The molecular weight excluding hydrogens is 423 g/mol. The van der Waals surface area contributed by atoms with Gasteiger partial charge in [0.15, 0.2) is 0 Å². The highest BCUT2D eigenvalue weighted by Crippen LogP contribution is 2.22. The van der Waals surface area contributed by atoms with E-state index < -0.39 is 0 Å². The number of nitrogens with zero attached hydrogens (tertiary/aromatic N) is 3. The normalized spacial score (nSPS) is 15.5. The number of carbonyl (C=O) groups is 1.